The Balaban J connectivity index is 2.61. The van der Waals surface area contributed by atoms with E-state index >= 15 is 0 Å². The Morgan fingerprint density at radius 2 is 2.45 bits per heavy atom. The summed E-state index contributed by atoms with van der Waals surface area (Å²) in [6.45, 7) is 0. The lowest BCUT2D eigenvalue weighted by molar-refractivity contribution is -0.154. The summed E-state index contributed by atoms with van der Waals surface area (Å²) in [6, 6.07) is -0.195. The van der Waals surface area contributed by atoms with Crippen molar-refractivity contribution >= 4 is 5.97 Å². The van der Waals surface area contributed by atoms with Gasteiger partial charge in [-0.25, -0.2) is 9.18 Å². The van der Waals surface area contributed by atoms with E-state index in [1.165, 1.54) is 7.11 Å². The molecule has 0 aromatic heterocycles. The van der Waals surface area contributed by atoms with E-state index in [-0.39, 0.29) is 18.9 Å². The topological polar surface area (TPSA) is 52.3 Å². The molecule has 1 aliphatic carbocycles. The summed E-state index contributed by atoms with van der Waals surface area (Å²) in [6.07, 6.45) is 0.853. The minimum absolute atomic E-state index is 0.0969. The maximum atomic E-state index is 13.4. The second-order valence-electron chi connectivity index (χ2n) is 2.96. The summed E-state index contributed by atoms with van der Waals surface area (Å²) >= 11 is 0. The second kappa shape index (κ2) is 2.77. The largest absolute Gasteiger partial charge is 0.467 e. The molecule has 4 heteroatoms. The first-order chi connectivity index (χ1) is 5.08. The van der Waals surface area contributed by atoms with E-state index < -0.39 is 11.6 Å². The average molecular weight is 161 g/mol. The van der Waals surface area contributed by atoms with Crippen LogP contribution in [0.5, 0.6) is 0 Å². The molecule has 0 bridgehead atoms. The Hall–Kier alpha value is -0.640. The monoisotopic (exact) mass is 161 g/mol. The van der Waals surface area contributed by atoms with Gasteiger partial charge in [0.1, 0.15) is 0 Å². The van der Waals surface area contributed by atoms with Gasteiger partial charge in [0.05, 0.1) is 7.11 Å². The van der Waals surface area contributed by atoms with E-state index in [0.717, 1.165) is 0 Å². The minimum Gasteiger partial charge on any atom is -0.467 e. The van der Waals surface area contributed by atoms with Crippen LogP contribution in [0.15, 0.2) is 0 Å². The predicted molar refractivity (Wildman–Crippen MR) is 37.7 cm³/mol. The highest BCUT2D eigenvalue weighted by Gasteiger charge is 2.45. The second-order valence-corrected chi connectivity index (χ2v) is 2.96. The first-order valence-electron chi connectivity index (χ1n) is 3.61. The zero-order chi connectivity index (χ0) is 8.48. The van der Waals surface area contributed by atoms with Crippen LogP contribution in [0.25, 0.3) is 0 Å². The summed E-state index contributed by atoms with van der Waals surface area (Å²) in [4.78, 5) is 10.8. The smallest absolute Gasteiger partial charge is 0.343 e. The van der Waals surface area contributed by atoms with Gasteiger partial charge in [0.2, 0.25) is 5.67 Å². The number of halogens is 1. The Kier molecular flexibility index (Phi) is 2.13. The minimum atomic E-state index is -1.81. The molecule has 0 heterocycles. The Morgan fingerprint density at radius 1 is 1.82 bits per heavy atom. The first kappa shape index (κ1) is 8.46. The molecule has 0 aromatic carbocycles. The van der Waals surface area contributed by atoms with Crippen LogP contribution in [0.1, 0.15) is 19.3 Å². The Morgan fingerprint density at radius 3 is 2.82 bits per heavy atom. The molecule has 1 saturated carbocycles. The number of ether oxygens (including phenoxy) is 1. The normalized spacial score (nSPS) is 37.2. The highest BCUT2D eigenvalue weighted by molar-refractivity contribution is 5.79. The van der Waals surface area contributed by atoms with Crippen LogP contribution in [-0.4, -0.2) is 24.8 Å². The summed E-state index contributed by atoms with van der Waals surface area (Å²) in [5, 5.41) is 0. The fraction of sp³-hybridized carbons (Fsp3) is 0.857. The average Bonchev–Trinajstić information content (AvgIpc) is 2.31. The number of hydrogen-bond donors (Lipinski definition) is 1. The summed E-state index contributed by atoms with van der Waals surface area (Å²) < 4.78 is 17.7. The molecule has 3 nitrogen and oxygen atoms in total. The van der Waals surface area contributed by atoms with Gasteiger partial charge < -0.3 is 10.5 Å². The molecule has 0 aliphatic heterocycles. The van der Waals surface area contributed by atoms with Crippen molar-refractivity contribution in [3.8, 4) is 0 Å². The van der Waals surface area contributed by atoms with Crippen molar-refractivity contribution < 1.29 is 13.9 Å². The van der Waals surface area contributed by atoms with Crippen LogP contribution in [0, 0.1) is 0 Å². The molecule has 2 atom stereocenters. The molecule has 1 aliphatic rings. The van der Waals surface area contributed by atoms with Gasteiger partial charge in [0.25, 0.3) is 0 Å². The fourth-order valence-electron chi connectivity index (χ4n) is 1.40. The first-order valence-corrected chi connectivity index (χ1v) is 3.61. The van der Waals surface area contributed by atoms with Crippen molar-refractivity contribution in [2.24, 2.45) is 5.73 Å². The van der Waals surface area contributed by atoms with Gasteiger partial charge in [0.15, 0.2) is 0 Å². The van der Waals surface area contributed by atoms with Crippen molar-refractivity contribution in [2.45, 2.75) is 31.0 Å². The summed E-state index contributed by atoms with van der Waals surface area (Å²) in [5.41, 5.74) is 3.64. The summed E-state index contributed by atoms with van der Waals surface area (Å²) in [7, 11) is 1.19. The third-order valence-electron chi connectivity index (χ3n) is 2.05. The quantitative estimate of drug-likeness (QED) is 0.565. The molecule has 2 N–H and O–H groups in total. The van der Waals surface area contributed by atoms with Crippen molar-refractivity contribution in [2.75, 3.05) is 7.11 Å². The van der Waals surface area contributed by atoms with Crippen molar-refractivity contribution in [1.82, 2.24) is 0 Å². The standard InChI is InChI=1S/C7H12FNO2/c1-11-6(10)7(8)3-2-5(9)4-7/h5H,2-4,9H2,1H3/t5-,7?/m0/s1. The molecule has 64 valence electrons. The molecule has 0 saturated heterocycles. The molecular formula is C7H12FNO2. The van der Waals surface area contributed by atoms with Gasteiger partial charge in [-0.3, -0.25) is 0 Å². The maximum Gasteiger partial charge on any atom is 0.343 e. The lowest BCUT2D eigenvalue weighted by Gasteiger charge is -2.15. The zero-order valence-corrected chi connectivity index (χ0v) is 6.47. The maximum absolute atomic E-state index is 13.4. The van der Waals surface area contributed by atoms with E-state index in [0.29, 0.717) is 6.42 Å². The molecular weight excluding hydrogens is 149 g/mol. The predicted octanol–water partition coefficient (Wildman–Crippen LogP) is 0.379. The van der Waals surface area contributed by atoms with Gasteiger partial charge in [-0.1, -0.05) is 0 Å². The zero-order valence-electron chi connectivity index (χ0n) is 6.47. The van der Waals surface area contributed by atoms with Crippen molar-refractivity contribution in [3.05, 3.63) is 0 Å². The van der Waals surface area contributed by atoms with Gasteiger partial charge in [-0.15, -0.1) is 0 Å². The van der Waals surface area contributed by atoms with Gasteiger partial charge in [0, 0.05) is 12.5 Å². The number of rotatable bonds is 1. The van der Waals surface area contributed by atoms with Crippen LogP contribution >= 0.6 is 0 Å². The molecule has 1 unspecified atom stereocenters. The van der Waals surface area contributed by atoms with Crippen LogP contribution < -0.4 is 5.73 Å². The van der Waals surface area contributed by atoms with E-state index in [1.807, 2.05) is 0 Å². The number of alkyl halides is 1. The van der Waals surface area contributed by atoms with Crippen LogP contribution in [0.2, 0.25) is 0 Å². The van der Waals surface area contributed by atoms with E-state index in [1.54, 1.807) is 0 Å². The molecule has 0 amide bonds. The third-order valence-corrected chi connectivity index (χ3v) is 2.05. The number of hydrogen-bond acceptors (Lipinski definition) is 3. The van der Waals surface area contributed by atoms with Gasteiger partial charge in [-0.05, 0) is 12.8 Å². The lowest BCUT2D eigenvalue weighted by atomic mass is 10.1. The Bertz CT molecular complexity index is 174. The number of nitrogens with two attached hydrogens (primary N) is 1. The number of carbonyl (C=O) groups excluding carboxylic acids is 1. The molecule has 1 rings (SSSR count). The van der Waals surface area contributed by atoms with Crippen LogP contribution in [0.4, 0.5) is 4.39 Å². The molecule has 0 aromatic rings. The number of carbonyl (C=O) groups is 1. The van der Waals surface area contributed by atoms with E-state index in [9.17, 15) is 9.18 Å². The Labute approximate surface area is 64.7 Å². The van der Waals surface area contributed by atoms with Crippen molar-refractivity contribution in [3.63, 3.8) is 0 Å². The molecule has 0 spiro atoms. The van der Waals surface area contributed by atoms with Gasteiger partial charge >= 0.3 is 5.97 Å². The third kappa shape index (κ3) is 1.50. The molecule has 11 heavy (non-hydrogen) atoms. The van der Waals surface area contributed by atoms with Crippen LogP contribution in [-0.2, 0) is 9.53 Å². The lowest BCUT2D eigenvalue weighted by Crippen LogP contribution is -2.33. The highest BCUT2D eigenvalue weighted by atomic mass is 19.1. The molecule has 0 radical (unpaired) electrons. The number of esters is 1. The highest BCUT2D eigenvalue weighted by Crippen LogP contribution is 2.33. The van der Waals surface area contributed by atoms with Gasteiger partial charge in [-0.2, -0.15) is 0 Å². The van der Waals surface area contributed by atoms with E-state index in [4.69, 9.17) is 5.73 Å². The fourth-order valence-corrected chi connectivity index (χ4v) is 1.40. The molecule has 1 fully saturated rings. The van der Waals surface area contributed by atoms with Crippen molar-refractivity contribution in [1.29, 1.82) is 0 Å². The SMILES string of the molecule is COC(=O)C1(F)CC[C@H](N)C1. The van der Waals surface area contributed by atoms with Crippen LogP contribution in [0.3, 0.4) is 0 Å². The number of methoxy groups -OCH3 is 1. The summed E-state index contributed by atoms with van der Waals surface area (Å²) in [5.74, 6) is -0.787. The van der Waals surface area contributed by atoms with E-state index in [2.05, 4.69) is 4.74 Å².